The highest BCUT2D eigenvalue weighted by atomic mass is 127. The number of fused-ring (bicyclic) bond motifs is 1. The summed E-state index contributed by atoms with van der Waals surface area (Å²) in [6, 6.07) is 3.81. The first kappa shape index (κ1) is 13.2. The van der Waals surface area contributed by atoms with Crippen molar-refractivity contribution in [2.24, 2.45) is 0 Å². The SMILES string of the molecule is CCOC(=O)c1cn2cc(I)ccc2n1.Cl. The zero-order valence-electron chi connectivity index (χ0n) is 8.51. The molecule has 0 saturated carbocycles. The van der Waals surface area contributed by atoms with Gasteiger partial charge in [0.25, 0.3) is 0 Å². The van der Waals surface area contributed by atoms with Crippen molar-refractivity contribution in [2.75, 3.05) is 6.61 Å². The van der Waals surface area contributed by atoms with E-state index in [-0.39, 0.29) is 18.4 Å². The van der Waals surface area contributed by atoms with Gasteiger partial charge in [0.2, 0.25) is 0 Å². The second-order valence-corrected chi connectivity index (χ2v) is 4.21. The number of halogens is 2. The minimum absolute atomic E-state index is 0. The predicted molar refractivity (Wildman–Crippen MR) is 71.1 cm³/mol. The zero-order valence-corrected chi connectivity index (χ0v) is 11.5. The van der Waals surface area contributed by atoms with Crippen LogP contribution in [0.25, 0.3) is 5.65 Å². The summed E-state index contributed by atoms with van der Waals surface area (Å²) >= 11 is 2.21. The molecule has 6 heteroatoms. The number of nitrogens with zero attached hydrogens (tertiary/aromatic N) is 2. The van der Waals surface area contributed by atoms with Crippen molar-refractivity contribution < 1.29 is 9.53 Å². The van der Waals surface area contributed by atoms with Gasteiger partial charge in [-0.1, -0.05) is 0 Å². The Kier molecular flexibility index (Phi) is 4.55. The van der Waals surface area contributed by atoms with Crippen LogP contribution < -0.4 is 0 Å². The maximum Gasteiger partial charge on any atom is 0.358 e. The molecule has 0 N–H and O–H groups in total. The first-order valence-electron chi connectivity index (χ1n) is 4.52. The van der Waals surface area contributed by atoms with E-state index in [1.807, 2.05) is 22.7 Å². The van der Waals surface area contributed by atoms with E-state index in [1.165, 1.54) is 0 Å². The van der Waals surface area contributed by atoms with E-state index in [0.29, 0.717) is 12.3 Å². The van der Waals surface area contributed by atoms with Gasteiger partial charge in [-0.15, -0.1) is 12.4 Å². The van der Waals surface area contributed by atoms with Crippen LogP contribution in [-0.2, 0) is 4.74 Å². The fraction of sp³-hybridized carbons (Fsp3) is 0.200. The van der Waals surface area contributed by atoms with E-state index in [1.54, 1.807) is 13.1 Å². The number of pyridine rings is 1. The second-order valence-electron chi connectivity index (χ2n) is 2.96. The summed E-state index contributed by atoms with van der Waals surface area (Å²) in [6.45, 7) is 2.14. The number of hydrogen-bond donors (Lipinski definition) is 0. The smallest absolute Gasteiger partial charge is 0.358 e. The summed E-state index contributed by atoms with van der Waals surface area (Å²) in [6.07, 6.45) is 3.58. The number of aromatic nitrogens is 2. The van der Waals surface area contributed by atoms with Crippen molar-refractivity contribution >= 4 is 46.6 Å². The van der Waals surface area contributed by atoms with Crippen LogP contribution in [-0.4, -0.2) is 22.0 Å². The lowest BCUT2D eigenvalue weighted by Crippen LogP contribution is -2.04. The Balaban J connectivity index is 0.00000128. The summed E-state index contributed by atoms with van der Waals surface area (Å²) < 4.78 is 7.78. The number of rotatable bonds is 2. The molecule has 0 bridgehead atoms. The minimum atomic E-state index is -0.379. The molecule has 2 aromatic heterocycles. The average Bonchev–Trinajstić information content (AvgIpc) is 2.60. The normalized spacial score (nSPS) is 9.88. The van der Waals surface area contributed by atoms with Gasteiger partial charge in [-0.3, -0.25) is 0 Å². The first-order valence-corrected chi connectivity index (χ1v) is 5.60. The van der Waals surface area contributed by atoms with Gasteiger partial charge in [-0.2, -0.15) is 0 Å². The van der Waals surface area contributed by atoms with Crippen molar-refractivity contribution in [3.05, 3.63) is 33.8 Å². The molecule has 0 atom stereocenters. The van der Waals surface area contributed by atoms with Gasteiger partial charge in [0.15, 0.2) is 5.69 Å². The molecule has 0 saturated heterocycles. The molecule has 86 valence electrons. The van der Waals surface area contributed by atoms with Gasteiger partial charge < -0.3 is 9.14 Å². The van der Waals surface area contributed by atoms with Crippen LogP contribution in [0.2, 0.25) is 0 Å². The molecule has 0 amide bonds. The van der Waals surface area contributed by atoms with Crippen molar-refractivity contribution in [2.45, 2.75) is 6.92 Å². The molecule has 2 heterocycles. The van der Waals surface area contributed by atoms with Gasteiger partial charge in [0.05, 0.1) is 6.61 Å². The van der Waals surface area contributed by atoms with Crippen molar-refractivity contribution in [1.29, 1.82) is 0 Å². The summed E-state index contributed by atoms with van der Waals surface area (Å²) in [5.41, 5.74) is 1.09. The molecule has 0 unspecified atom stereocenters. The highest BCUT2D eigenvalue weighted by Crippen LogP contribution is 2.10. The lowest BCUT2D eigenvalue weighted by Gasteiger charge is -1.95. The van der Waals surface area contributed by atoms with Crippen LogP contribution in [0, 0.1) is 3.57 Å². The molecule has 0 spiro atoms. The molecule has 16 heavy (non-hydrogen) atoms. The van der Waals surface area contributed by atoms with E-state index in [2.05, 4.69) is 27.6 Å². The monoisotopic (exact) mass is 352 g/mol. The fourth-order valence-corrected chi connectivity index (χ4v) is 1.75. The number of carbonyl (C=O) groups excluding carboxylic acids is 1. The average molecular weight is 353 g/mol. The first-order chi connectivity index (χ1) is 7.20. The Morgan fingerprint density at radius 1 is 1.50 bits per heavy atom. The van der Waals surface area contributed by atoms with Crippen molar-refractivity contribution in [3.8, 4) is 0 Å². The van der Waals surface area contributed by atoms with E-state index >= 15 is 0 Å². The third kappa shape index (κ3) is 2.65. The third-order valence-corrected chi connectivity index (χ3v) is 2.54. The predicted octanol–water partition coefficient (Wildman–Crippen LogP) is 2.54. The Bertz CT molecular complexity index is 512. The van der Waals surface area contributed by atoms with E-state index in [9.17, 15) is 4.79 Å². The number of imidazole rings is 1. The summed E-state index contributed by atoms with van der Waals surface area (Å²) in [4.78, 5) is 15.6. The van der Waals surface area contributed by atoms with Crippen LogP contribution in [0.4, 0.5) is 0 Å². The number of carbonyl (C=O) groups is 1. The maximum absolute atomic E-state index is 11.4. The Morgan fingerprint density at radius 3 is 2.94 bits per heavy atom. The number of hydrogen-bond acceptors (Lipinski definition) is 3. The number of ether oxygens (including phenoxy) is 1. The van der Waals surface area contributed by atoms with Crippen LogP contribution in [0.5, 0.6) is 0 Å². The molecule has 2 aromatic rings. The lowest BCUT2D eigenvalue weighted by atomic mass is 10.5. The molecule has 2 rings (SSSR count). The van der Waals surface area contributed by atoms with Gasteiger partial charge in [0.1, 0.15) is 5.65 Å². The van der Waals surface area contributed by atoms with Gasteiger partial charge in [0, 0.05) is 16.0 Å². The molecular formula is C10H10ClIN2O2. The fourth-order valence-electron chi connectivity index (χ4n) is 1.27. The highest BCUT2D eigenvalue weighted by Gasteiger charge is 2.11. The zero-order chi connectivity index (χ0) is 10.8. The molecule has 0 aliphatic carbocycles. The van der Waals surface area contributed by atoms with E-state index in [0.717, 1.165) is 9.22 Å². The summed E-state index contributed by atoms with van der Waals surface area (Å²) in [5.74, 6) is -0.379. The van der Waals surface area contributed by atoms with Crippen LogP contribution in [0.3, 0.4) is 0 Å². The molecule has 0 radical (unpaired) electrons. The standard InChI is InChI=1S/C10H9IN2O2.ClH/c1-2-15-10(14)8-6-13-5-7(11)3-4-9(13)12-8;/h3-6H,2H2,1H3;1H. The Morgan fingerprint density at radius 2 is 2.25 bits per heavy atom. The van der Waals surface area contributed by atoms with Crippen LogP contribution in [0.1, 0.15) is 17.4 Å². The quantitative estimate of drug-likeness (QED) is 0.616. The summed E-state index contributed by atoms with van der Waals surface area (Å²) in [5, 5.41) is 0. The molecule has 0 aliphatic heterocycles. The van der Waals surface area contributed by atoms with Crippen molar-refractivity contribution in [1.82, 2.24) is 9.38 Å². The van der Waals surface area contributed by atoms with Gasteiger partial charge in [-0.25, -0.2) is 9.78 Å². The Hall–Kier alpha value is -0.820. The largest absolute Gasteiger partial charge is 0.461 e. The van der Waals surface area contributed by atoms with E-state index in [4.69, 9.17) is 4.74 Å². The number of esters is 1. The second kappa shape index (κ2) is 5.49. The Labute approximate surface area is 113 Å². The molecule has 0 fully saturated rings. The topological polar surface area (TPSA) is 43.6 Å². The van der Waals surface area contributed by atoms with Crippen LogP contribution in [0.15, 0.2) is 24.5 Å². The van der Waals surface area contributed by atoms with E-state index < -0.39 is 0 Å². The minimum Gasteiger partial charge on any atom is -0.461 e. The molecule has 0 aliphatic rings. The van der Waals surface area contributed by atoms with Gasteiger partial charge in [-0.05, 0) is 41.6 Å². The highest BCUT2D eigenvalue weighted by molar-refractivity contribution is 14.1. The van der Waals surface area contributed by atoms with Crippen molar-refractivity contribution in [3.63, 3.8) is 0 Å². The lowest BCUT2D eigenvalue weighted by molar-refractivity contribution is 0.0520. The molecular weight excluding hydrogens is 342 g/mol. The third-order valence-electron chi connectivity index (χ3n) is 1.90. The van der Waals surface area contributed by atoms with Gasteiger partial charge >= 0.3 is 5.97 Å². The maximum atomic E-state index is 11.4. The molecule has 0 aromatic carbocycles. The molecule has 4 nitrogen and oxygen atoms in total. The van der Waals surface area contributed by atoms with Crippen LogP contribution >= 0.6 is 35.0 Å². The summed E-state index contributed by atoms with van der Waals surface area (Å²) in [7, 11) is 0.